The first-order valence-corrected chi connectivity index (χ1v) is 6.07. The van der Waals surface area contributed by atoms with Gasteiger partial charge in [-0.05, 0) is 17.7 Å². The van der Waals surface area contributed by atoms with E-state index >= 15 is 0 Å². The van der Waals surface area contributed by atoms with E-state index in [9.17, 15) is 4.79 Å². The largest absolute Gasteiger partial charge is 0.497 e. The maximum atomic E-state index is 11.8. The Labute approximate surface area is 118 Å². The molecule has 20 heavy (non-hydrogen) atoms. The number of amides is 1. The van der Waals surface area contributed by atoms with E-state index in [-0.39, 0.29) is 5.57 Å². The molecule has 0 radical (unpaired) electrons. The number of nitriles is 1. The van der Waals surface area contributed by atoms with Crippen LogP contribution in [0.5, 0.6) is 5.75 Å². The van der Waals surface area contributed by atoms with Crippen molar-refractivity contribution < 1.29 is 9.53 Å². The van der Waals surface area contributed by atoms with E-state index in [1.807, 2.05) is 30.3 Å². The quantitative estimate of drug-likeness (QED) is 0.341. The molecule has 1 aromatic carbocycles. The molecule has 0 spiro atoms. The molecule has 1 aromatic rings. The van der Waals surface area contributed by atoms with Crippen LogP contribution in [0.4, 0.5) is 0 Å². The van der Waals surface area contributed by atoms with Gasteiger partial charge in [-0.1, -0.05) is 18.2 Å². The normalized spacial score (nSPS) is 10.3. The van der Waals surface area contributed by atoms with Crippen molar-refractivity contribution >= 4 is 5.91 Å². The van der Waals surface area contributed by atoms with Gasteiger partial charge >= 0.3 is 0 Å². The van der Waals surface area contributed by atoms with Crippen LogP contribution in [0.25, 0.3) is 0 Å². The highest BCUT2D eigenvalue weighted by molar-refractivity contribution is 5.97. The zero-order valence-electron chi connectivity index (χ0n) is 11.3. The summed E-state index contributed by atoms with van der Waals surface area (Å²) in [6.07, 6.45) is 3.02. The second-order valence-electron chi connectivity index (χ2n) is 3.90. The average Bonchev–Trinajstić information content (AvgIpc) is 2.50. The van der Waals surface area contributed by atoms with Crippen molar-refractivity contribution in [2.45, 2.75) is 6.54 Å². The lowest BCUT2D eigenvalue weighted by Crippen LogP contribution is -2.25. The summed E-state index contributed by atoms with van der Waals surface area (Å²) < 4.78 is 5.05. The van der Waals surface area contributed by atoms with E-state index in [0.29, 0.717) is 13.1 Å². The van der Waals surface area contributed by atoms with Gasteiger partial charge in [0, 0.05) is 19.3 Å². The SMILES string of the molecule is C=CCN/C=C(/C#N)C(=O)NCc1ccc(OC)cc1. The standard InChI is InChI=1S/C15H17N3O2/c1-3-8-17-11-13(9-16)15(19)18-10-12-4-6-14(20-2)7-5-12/h3-7,11,17H,1,8,10H2,2H3,(H,18,19)/b13-11-. The minimum atomic E-state index is -0.417. The number of ether oxygens (including phenoxy) is 1. The van der Waals surface area contributed by atoms with Crippen molar-refractivity contribution in [2.75, 3.05) is 13.7 Å². The first-order valence-electron chi connectivity index (χ1n) is 6.07. The van der Waals surface area contributed by atoms with Crippen LogP contribution in [0.15, 0.2) is 48.7 Å². The first-order chi connectivity index (χ1) is 9.71. The van der Waals surface area contributed by atoms with Gasteiger partial charge in [0.05, 0.1) is 7.11 Å². The minimum Gasteiger partial charge on any atom is -0.497 e. The van der Waals surface area contributed by atoms with Gasteiger partial charge in [0.1, 0.15) is 17.4 Å². The van der Waals surface area contributed by atoms with Crippen molar-refractivity contribution in [3.05, 3.63) is 54.3 Å². The monoisotopic (exact) mass is 271 g/mol. The number of methoxy groups -OCH3 is 1. The smallest absolute Gasteiger partial charge is 0.263 e. The summed E-state index contributed by atoms with van der Waals surface area (Å²) in [5, 5.41) is 14.4. The van der Waals surface area contributed by atoms with Crippen LogP contribution in [-0.2, 0) is 11.3 Å². The van der Waals surface area contributed by atoms with E-state index in [2.05, 4.69) is 17.2 Å². The van der Waals surface area contributed by atoms with Gasteiger partial charge in [0.25, 0.3) is 5.91 Å². The summed E-state index contributed by atoms with van der Waals surface area (Å²) in [7, 11) is 1.59. The second-order valence-corrected chi connectivity index (χ2v) is 3.90. The maximum Gasteiger partial charge on any atom is 0.263 e. The second kappa shape index (κ2) is 8.38. The third kappa shape index (κ3) is 4.86. The lowest BCUT2D eigenvalue weighted by molar-refractivity contribution is -0.117. The molecule has 1 rings (SSSR count). The van der Waals surface area contributed by atoms with E-state index in [4.69, 9.17) is 10.00 Å². The summed E-state index contributed by atoms with van der Waals surface area (Å²) >= 11 is 0. The molecule has 0 heterocycles. The highest BCUT2D eigenvalue weighted by Gasteiger charge is 2.07. The van der Waals surface area contributed by atoms with Crippen LogP contribution in [0.3, 0.4) is 0 Å². The Morgan fingerprint density at radius 1 is 1.45 bits per heavy atom. The van der Waals surface area contributed by atoms with Gasteiger partial charge in [0.15, 0.2) is 0 Å². The fourth-order valence-electron chi connectivity index (χ4n) is 1.41. The molecule has 0 fully saturated rings. The molecule has 0 unspecified atom stereocenters. The zero-order valence-corrected chi connectivity index (χ0v) is 11.3. The predicted molar refractivity (Wildman–Crippen MR) is 76.7 cm³/mol. The average molecular weight is 271 g/mol. The van der Waals surface area contributed by atoms with Gasteiger partial charge in [-0.25, -0.2) is 0 Å². The summed E-state index contributed by atoms with van der Waals surface area (Å²) in [6.45, 7) is 4.38. The number of carbonyl (C=O) groups excluding carboxylic acids is 1. The number of rotatable bonds is 7. The number of benzene rings is 1. The molecule has 0 atom stereocenters. The highest BCUT2D eigenvalue weighted by atomic mass is 16.5. The van der Waals surface area contributed by atoms with E-state index in [1.165, 1.54) is 6.20 Å². The first kappa shape index (κ1) is 15.3. The lowest BCUT2D eigenvalue weighted by Gasteiger charge is -2.06. The molecule has 104 valence electrons. The van der Waals surface area contributed by atoms with Gasteiger partial charge in [-0.15, -0.1) is 6.58 Å². The summed E-state index contributed by atoms with van der Waals surface area (Å²) in [5.41, 5.74) is 0.954. The lowest BCUT2D eigenvalue weighted by atomic mass is 10.2. The maximum absolute atomic E-state index is 11.8. The Morgan fingerprint density at radius 3 is 2.70 bits per heavy atom. The molecular weight excluding hydrogens is 254 g/mol. The molecule has 2 N–H and O–H groups in total. The van der Waals surface area contributed by atoms with Crippen molar-refractivity contribution in [1.82, 2.24) is 10.6 Å². The molecule has 5 heteroatoms. The van der Waals surface area contributed by atoms with Gasteiger partial charge < -0.3 is 15.4 Å². The van der Waals surface area contributed by atoms with Crippen LogP contribution < -0.4 is 15.4 Å². The van der Waals surface area contributed by atoms with Crippen molar-refractivity contribution in [2.24, 2.45) is 0 Å². The van der Waals surface area contributed by atoms with E-state index < -0.39 is 5.91 Å². The number of nitrogens with one attached hydrogen (secondary N) is 2. The third-order valence-electron chi connectivity index (χ3n) is 2.49. The molecule has 1 amide bonds. The third-order valence-corrected chi connectivity index (χ3v) is 2.49. The number of hydrogen-bond donors (Lipinski definition) is 2. The molecule has 0 aliphatic carbocycles. The fourth-order valence-corrected chi connectivity index (χ4v) is 1.41. The van der Waals surface area contributed by atoms with Crippen LogP contribution >= 0.6 is 0 Å². The topological polar surface area (TPSA) is 74.2 Å². The summed E-state index contributed by atoms with van der Waals surface area (Å²) in [6, 6.07) is 9.18. The molecule has 0 aromatic heterocycles. The molecule has 0 saturated heterocycles. The van der Waals surface area contributed by atoms with E-state index in [1.54, 1.807) is 13.2 Å². The van der Waals surface area contributed by atoms with Gasteiger partial charge in [-0.2, -0.15) is 5.26 Å². The molecular formula is C15H17N3O2. The number of nitrogens with zero attached hydrogens (tertiary/aromatic N) is 1. The minimum absolute atomic E-state index is 0.0281. The summed E-state index contributed by atoms with van der Waals surface area (Å²) in [5.74, 6) is 0.339. The van der Waals surface area contributed by atoms with Gasteiger partial charge in [-0.3, -0.25) is 4.79 Å². The van der Waals surface area contributed by atoms with Crippen molar-refractivity contribution in [1.29, 1.82) is 5.26 Å². The fraction of sp³-hybridized carbons (Fsp3) is 0.200. The van der Waals surface area contributed by atoms with Crippen LogP contribution in [0.1, 0.15) is 5.56 Å². The zero-order chi connectivity index (χ0) is 14.8. The Hall–Kier alpha value is -2.74. The van der Waals surface area contributed by atoms with E-state index in [0.717, 1.165) is 11.3 Å². The predicted octanol–water partition coefficient (Wildman–Crippen LogP) is 1.49. The summed E-state index contributed by atoms with van der Waals surface area (Å²) in [4.78, 5) is 11.8. The molecule has 0 bridgehead atoms. The van der Waals surface area contributed by atoms with Crippen molar-refractivity contribution in [3.8, 4) is 11.8 Å². The molecule has 5 nitrogen and oxygen atoms in total. The number of hydrogen-bond acceptors (Lipinski definition) is 4. The Bertz CT molecular complexity index is 527. The Kier molecular flexibility index (Phi) is 6.42. The van der Waals surface area contributed by atoms with Crippen LogP contribution in [-0.4, -0.2) is 19.6 Å². The van der Waals surface area contributed by atoms with Crippen LogP contribution in [0, 0.1) is 11.3 Å². The highest BCUT2D eigenvalue weighted by Crippen LogP contribution is 2.11. The van der Waals surface area contributed by atoms with Gasteiger partial charge in [0.2, 0.25) is 0 Å². The Balaban J connectivity index is 2.54. The molecule has 0 aliphatic heterocycles. The molecule has 0 aliphatic rings. The van der Waals surface area contributed by atoms with Crippen molar-refractivity contribution in [3.63, 3.8) is 0 Å². The Morgan fingerprint density at radius 2 is 2.15 bits per heavy atom. The number of carbonyl (C=O) groups is 1. The molecule has 0 saturated carbocycles. The van der Waals surface area contributed by atoms with Crippen LogP contribution in [0.2, 0.25) is 0 Å².